The van der Waals surface area contributed by atoms with Crippen molar-refractivity contribution in [3.8, 4) is 0 Å². The molecule has 4 rings (SSSR count). The number of hydrogen-bond acceptors (Lipinski definition) is 5. The maximum atomic E-state index is 13.4. The first kappa shape index (κ1) is 19.4. The molecule has 3 aromatic rings. The van der Waals surface area contributed by atoms with Gasteiger partial charge < -0.3 is 9.80 Å². The van der Waals surface area contributed by atoms with Gasteiger partial charge in [-0.25, -0.2) is 13.8 Å². The summed E-state index contributed by atoms with van der Waals surface area (Å²) in [7, 11) is 0. The van der Waals surface area contributed by atoms with Crippen LogP contribution in [0, 0.1) is 11.6 Å². The van der Waals surface area contributed by atoms with Gasteiger partial charge in [-0.05, 0) is 42.8 Å². The first-order valence-corrected chi connectivity index (χ1v) is 10.2. The topological polar surface area (TPSA) is 49.3 Å². The van der Waals surface area contributed by atoms with Crippen molar-refractivity contribution < 1.29 is 13.6 Å². The second-order valence-electron chi connectivity index (χ2n) is 7.10. The minimum atomic E-state index is -0.412. The summed E-state index contributed by atoms with van der Waals surface area (Å²) < 4.78 is 30.9. The number of anilines is 1. The minimum absolute atomic E-state index is 0.0380. The van der Waals surface area contributed by atoms with E-state index in [0.29, 0.717) is 37.4 Å². The highest BCUT2D eigenvalue weighted by Crippen LogP contribution is 2.23. The number of nitrogens with zero attached hydrogens (tertiary/aromatic N) is 4. The Kier molecular flexibility index (Phi) is 5.53. The number of piperazine rings is 1. The zero-order chi connectivity index (χ0) is 20.4. The van der Waals surface area contributed by atoms with E-state index in [2.05, 4.69) is 14.3 Å². The number of aromatic nitrogens is 2. The number of carbonyl (C=O) groups excluding carboxylic acids is 1. The van der Waals surface area contributed by atoms with Gasteiger partial charge in [0.15, 0.2) is 0 Å². The van der Waals surface area contributed by atoms with Crippen LogP contribution in [0.25, 0.3) is 0 Å². The fraction of sp³-hybridized carbons (Fsp3) is 0.286. The van der Waals surface area contributed by atoms with Gasteiger partial charge in [0.1, 0.15) is 17.5 Å². The maximum absolute atomic E-state index is 13.4. The van der Waals surface area contributed by atoms with Gasteiger partial charge in [0.25, 0.3) is 5.91 Å². The van der Waals surface area contributed by atoms with Crippen LogP contribution in [-0.4, -0.2) is 45.8 Å². The van der Waals surface area contributed by atoms with E-state index in [-0.39, 0.29) is 17.8 Å². The Bertz CT molecular complexity index is 1010. The molecule has 0 N–H and O–H groups in total. The number of amides is 1. The molecule has 150 valence electrons. The molecular weight excluding hydrogens is 394 g/mol. The highest BCUT2D eigenvalue weighted by Gasteiger charge is 2.29. The summed E-state index contributed by atoms with van der Waals surface area (Å²) in [5.41, 5.74) is 1.32. The fourth-order valence-corrected chi connectivity index (χ4v) is 4.17. The second kappa shape index (κ2) is 8.24. The fourth-order valence-electron chi connectivity index (χ4n) is 3.45. The summed E-state index contributed by atoms with van der Waals surface area (Å²) in [6.07, 6.45) is 0.546. The molecule has 1 aliphatic rings. The van der Waals surface area contributed by atoms with Crippen LogP contribution in [0.2, 0.25) is 0 Å². The van der Waals surface area contributed by atoms with Gasteiger partial charge >= 0.3 is 0 Å². The first-order valence-electron chi connectivity index (χ1n) is 9.38. The summed E-state index contributed by atoms with van der Waals surface area (Å²) in [5.74, 6) is -0.140. The van der Waals surface area contributed by atoms with Crippen LogP contribution in [0.15, 0.2) is 48.5 Å². The monoisotopic (exact) mass is 414 g/mol. The molecule has 29 heavy (non-hydrogen) atoms. The lowest BCUT2D eigenvalue weighted by Crippen LogP contribution is -2.54. The molecule has 2 heterocycles. The van der Waals surface area contributed by atoms with Gasteiger partial charge in [-0.15, -0.1) is 0 Å². The van der Waals surface area contributed by atoms with Crippen molar-refractivity contribution in [2.24, 2.45) is 0 Å². The van der Waals surface area contributed by atoms with Gasteiger partial charge in [0, 0.05) is 49.2 Å². The van der Waals surface area contributed by atoms with Gasteiger partial charge in [-0.3, -0.25) is 4.79 Å². The quantitative estimate of drug-likeness (QED) is 0.652. The summed E-state index contributed by atoms with van der Waals surface area (Å²) in [4.78, 5) is 21.2. The zero-order valence-corrected chi connectivity index (χ0v) is 16.7. The van der Waals surface area contributed by atoms with Crippen molar-refractivity contribution in [2.75, 3.05) is 24.5 Å². The summed E-state index contributed by atoms with van der Waals surface area (Å²) in [6, 6.07) is 12.1. The van der Waals surface area contributed by atoms with Crippen LogP contribution in [0.1, 0.15) is 28.7 Å². The van der Waals surface area contributed by atoms with Crippen LogP contribution >= 0.6 is 11.5 Å². The number of benzene rings is 2. The van der Waals surface area contributed by atoms with E-state index in [9.17, 15) is 13.6 Å². The lowest BCUT2D eigenvalue weighted by molar-refractivity contribution is 0.0673. The first-order chi connectivity index (χ1) is 14.0. The van der Waals surface area contributed by atoms with Crippen molar-refractivity contribution in [2.45, 2.75) is 19.4 Å². The van der Waals surface area contributed by atoms with Crippen LogP contribution in [-0.2, 0) is 6.42 Å². The molecule has 0 aliphatic carbocycles. The molecule has 1 aliphatic heterocycles. The third-order valence-electron chi connectivity index (χ3n) is 4.96. The Morgan fingerprint density at radius 2 is 1.93 bits per heavy atom. The normalized spacial score (nSPS) is 16.9. The lowest BCUT2D eigenvalue weighted by Gasteiger charge is -2.39. The molecule has 0 spiro atoms. The molecular formula is C21H20F2N4OS. The van der Waals surface area contributed by atoms with Crippen molar-refractivity contribution in [3.05, 3.63) is 77.1 Å². The number of hydrogen-bond donors (Lipinski definition) is 0. The molecule has 1 amide bonds. The van der Waals surface area contributed by atoms with Crippen molar-refractivity contribution in [3.63, 3.8) is 0 Å². The third kappa shape index (κ3) is 4.42. The van der Waals surface area contributed by atoms with Crippen molar-refractivity contribution >= 4 is 22.6 Å². The largest absolute Gasteiger partial charge is 0.343 e. The Labute approximate surface area is 171 Å². The number of halogens is 2. The van der Waals surface area contributed by atoms with E-state index in [1.165, 1.54) is 35.8 Å². The molecule has 1 saturated heterocycles. The molecule has 0 bridgehead atoms. The highest BCUT2D eigenvalue weighted by atomic mass is 32.1. The van der Waals surface area contributed by atoms with E-state index in [1.807, 2.05) is 6.92 Å². The van der Waals surface area contributed by atoms with Crippen LogP contribution in [0.3, 0.4) is 0 Å². The lowest BCUT2D eigenvalue weighted by atomic mass is 10.1. The molecule has 1 unspecified atom stereocenters. The summed E-state index contributed by atoms with van der Waals surface area (Å²) in [5, 5.41) is 0.812. The van der Waals surface area contributed by atoms with Gasteiger partial charge in [-0.1, -0.05) is 18.2 Å². The van der Waals surface area contributed by atoms with E-state index in [4.69, 9.17) is 0 Å². The van der Waals surface area contributed by atoms with Crippen molar-refractivity contribution in [1.82, 2.24) is 14.3 Å². The molecule has 0 saturated carbocycles. The molecule has 1 fully saturated rings. The van der Waals surface area contributed by atoms with Gasteiger partial charge in [-0.2, -0.15) is 4.37 Å². The predicted molar refractivity (Wildman–Crippen MR) is 108 cm³/mol. The SMILES string of the molecule is CC1CN(c2nc(Cc3ccc(F)cc3)ns2)CCN1C(=O)c1cccc(F)c1. The van der Waals surface area contributed by atoms with E-state index in [1.54, 1.807) is 29.2 Å². The summed E-state index contributed by atoms with van der Waals surface area (Å²) >= 11 is 1.33. The van der Waals surface area contributed by atoms with Crippen molar-refractivity contribution in [1.29, 1.82) is 0 Å². The molecule has 8 heteroatoms. The Morgan fingerprint density at radius 1 is 1.14 bits per heavy atom. The Balaban J connectivity index is 1.40. The molecule has 5 nitrogen and oxygen atoms in total. The summed E-state index contributed by atoms with van der Waals surface area (Å²) in [6.45, 7) is 3.77. The Morgan fingerprint density at radius 3 is 2.66 bits per heavy atom. The van der Waals surface area contributed by atoms with Crippen LogP contribution in [0.5, 0.6) is 0 Å². The highest BCUT2D eigenvalue weighted by molar-refractivity contribution is 7.09. The maximum Gasteiger partial charge on any atom is 0.254 e. The van der Waals surface area contributed by atoms with E-state index >= 15 is 0 Å². The zero-order valence-electron chi connectivity index (χ0n) is 15.9. The van der Waals surface area contributed by atoms with E-state index < -0.39 is 5.82 Å². The average molecular weight is 414 g/mol. The van der Waals surface area contributed by atoms with Gasteiger partial charge in [0.2, 0.25) is 5.13 Å². The standard InChI is InChI=1S/C21H20F2N4OS/c1-14-13-26(9-10-27(14)20(28)16-3-2-4-18(23)12-16)21-24-19(25-29-21)11-15-5-7-17(22)8-6-15/h2-8,12,14H,9-11,13H2,1H3. The molecule has 1 aromatic heterocycles. The Hall–Kier alpha value is -2.87. The smallest absolute Gasteiger partial charge is 0.254 e. The molecule has 1 atom stereocenters. The number of carbonyl (C=O) groups is 1. The molecule has 0 radical (unpaired) electrons. The third-order valence-corrected chi connectivity index (χ3v) is 5.78. The molecule has 2 aromatic carbocycles. The minimum Gasteiger partial charge on any atom is -0.343 e. The van der Waals surface area contributed by atoms with E-state index in [0.717, 1.165) is 10.7 Å². The van der Waals surface area contributed by atoms with Crippen LogP contribution in [0.4, 0.5) is 13.9 Å². The van der Waals surface area contributed by atoms with Gasteiger partial charge in [0.05, 0.1) is 0 Å². The number of rotatable bonds is 4. The van der Waals surface area contributed by atoms with Crippen LogP contribution < -0.4 is 4.90 Å². The second-order valence-corrected chi connectivity index (χ2v) is 7.83. The predicted octanol–water partition coefficient (Wildman–Crippen LogP) is 3.76. The average Bonchev–Trinajstić information content (AvgIpc) is 3.18.